The SMILES string of the molecule is COC(=O)[C@@]1(C)[NH2+][C@H](c2ccc(C)cc2)[C@@H]2C(=O)N(C)C(=O)[C@H]21. The molecule has 4 atom stereocenters. The van der Waals surface area contributed by atoms with E-state index in [0.29, 0.717) is 0 Å². The molecule has 2 aliphatic rings. The summed E-state index contributed by atoms with van der Waals surface area (Å²) in [7, 11) is 2.79. The molecule has 0 aromatic heterocycles. The van der Waals surface area contributed by atoms with E-state index in [1.165, 1.54) is 14.2 Å². The number of quaternary nitrogens is 1. The number of nitrogens with two attached hydrogens (primary N) is 1. The van der Waals surface area contributed by atoms with Gasteiger partial charge in [0, 0.05) is 19.5 Å². The van der Waals surface area contributed by atoms with Gasteiger partial charge in [-0.3, -0.25) is 14.5 Å². The van der Waals surface area contributed by atoms with Crippen LogP contribution in [0, 0.1) is 18.8 Å². The number of fused-ring (bicyclic) bond motifs is 1. The summed E-state index contributed by atoms with van der Waals surface area (Å²) in [5.74, 6) is -2.25. The molecule has 0 unspecified atom stereocenters. The number of rotatable bonds is 2. The van der Waals surface area contributed by atoms with E-state index in [2.05, 4.69) is 0 Å². The highest BCUT2D eigenvalue weighted by molar-refractivity contribution is 6.08. The normalized spacial score (nSPS) is 33.0. The first-order valence-electron chi connectivity index (χ1n) is 7.63. The number of nitrogens with zero attached hydrogens (tertiary/aromatic N) is 1. The predicted molar refractivity (Wildman–Crippen MR) is 81.0 cm³/mol. The second kappa shape index (κ2) is 5.16. The van der Waals surface area contributed by atoms with E-state index in [0.717, 1.165) is 16.0 Å². The van der Waals surface area contributed by atoms with Crippen molar-refractivity contribution in [2.45, 2.75) is 25.4 Å². The highest BCUT2D eigenvalue weighted by Crippen LogP contribution is 2.43. The maximum absolute atomic E-state index is 12.6. The Morgan fingerprint density at radius 3 is 2.39 bits per heavy atom. The van der Waals surface area contributed by atoms with Crippen LogP contribution in [0.4, 0.5) is 0 Å². The lowest BCUT2D eigenvalue weighted by atomic mass is 9.80. The zero-order chi connectivity index (χ0) is 16.9. The summed E-state index contributed by atoms with van der Waals surface area (Å²) < 4.78 is 4.92. The van der Waals surface area contributed by atoms with E-state index in [-0.39, 0.29) is 17.9 Å². The molecule has 0 bridgehead atoms. The largest absolute Gasteiger partial charge is 0.464 e. The lowest BCUT2D eigenvalue weighted by molar-refractivity contribution is -0.731. The Morgan fingerprint density at radius 1 is 1.22 bits per heavy atom. The Kier molecular flexibility index (Phi) is 3.52. The van der Waals surface area contributed by atoms with Crippen molar-refractivity contribution in [2.24, 2.45) is 11.8 Å². The van der Waals surface area contributed by atoms with Gasteiger partial charge in [0.1, 0.15) is 17.9 Å². The fraction of sp³-hybridized carbons (Fsp3) is 0.471. The van der Waals surface area contributed by atoms with Gasteiger partial charge in [-0.1, -0.05) is 29.8 Å². The van der Waals surface area contributed by atoms with Gasteiger partial charge in [-0.05, 0) is 6.92 Å². The molecule has 2 amide bonds. The Labute approximate surface area is 134 Å². The average Bonchev–Trinajstić information content (AvgIpc) is 2.97. The first-order valence-corrected chi connectivity index (χ1v) is 7.63. The number of aryl methyl sites for hydroxylation is 1. The number of benzene rings is 1. The minimum Gasteiger partial charge on any atom is -0.464 e. The number of esters is 1. The summed E-state index contributed by atoms with van der Waals surface area (Å²) >= 11 is 0. The minimum atomic E-state index is -1.09. The van der Waals surface area contributed by atoms with Gasteiger partial charge in [0.25, 0.3) is 0 Å². The van der Waals surface area contributed by atoms with Gasteiger partial charge in [0.15, 0.2) is 0 Å². The maximum atomic E-state index is 12.6. The predicted octanol–water partition coefficient (Wildman–Crippen LogP) is -0.224. The molecule has 2 heterocycles. The van der Waals surface area contributed by atoms with Crippen LogP contribution < -0.4 is 5.32 Å². The van der Waals surface area contributed by atoms with E-state index in [1.54, 1.807) is 6.92 Å². The number of carbonyl (C=O) groups excluding carboxylic acids is 3. The molecule has 0 radical (unpaired) electrons. The van der Waals surface area contributed by atoms with Crippen molar-refractivity contribution in [2.75, 3.05) is 14.2 Å². The lowest BCUT2D eigenvalue weighted by Crippen LogP contribution is -2.97. The monoisotopic (exact) mass is 317 g/mol. The van der Waals surface area contributed by atoms with Crippen LogP contribution in [-0.4, -0.2) is 42.4 Å². The summed E-state index contributed by atoms with van der Waals surface area (Å²) in [6.45, 7) is 3.68. The van der Waals surface area contributed by atoms with E-state index >= 15 is 0 Å². The quantitative estimate of drug-likeness (QED) is 0.604. The number of ether oxygens (including phenoxy) is 1. The van der Waals surface area contributed by atoms with Crippen molar-refractivity contribution in [3.63, 3.8) is 0 Å². The lowest BCUT2D eigenvalue weighted by Gasteiger charge is -2.24. The van der Waals surface area contributed by atoms with Gasteiger partial charge in [0.05, 0.1) is 7.11 Å². The highest BCUT2D eigenvalue weighted by atomic mass is 16.5. The summed E-state index contributed by atoms with van der Waals surface area (Å²) in [5, 5.41) is 1.82. The van der Waals surface area contributed by atoms with Crippen molar-refractivity contribution >= 4 is 17.8 Å². The third-order valence-corrected chi connectivity index (χ3v) is 5.22. The van der Waals surface area contributed by atoms with Crippen LogP contribution in [0.2, 0.25) is 0 Å². The van der Waals surface area contributed by atoms with E-state index in [9.17, 15) is 14.4 Å². The topological polar surface area (TPSA) is 80.3 Å². The molecular weight excluding hydrogens is 296 g/mol. The first-order chi connectivity index (χ1) is 10.8. The van der Waals surface area contributed by atoms with Crippen LogP contribution >= 0.6 is 0 Å². The van der Waals surface area contributed by atoms with Crippen LogP contribution in [0.1, 0.15) is 24.1 Å². The number of likely N-dealkylation sites (tertiary alicyclic amines) is 1. The van der Waals surface area contributed by atoms with E-state index in [1.807, 2.05) is 36.5 Å². The number of imide groups is 1. The van der Waals surface area contributed by atoms with Crippen molar-refractivity contribution in [3.05, 3.63) is 35.4 Å². The molecule has 6 heteroatoms. The molecule has 122 valence electrons. The molecule has 2 saturated heterocycles. The fourth-order valence-electron chi connectivity index (χ4n) is 3.91. The van der Waals surface area contributed by atoms with E-state index in [4.69, 9.17) is 4.74 Å². The third kappa shape index (κ3) is 2.09. The molecule has 23 heavy (non-hydrogen) atoms. The van der Waals surface area contributed by atoms with E-state index < -0.39 is 23.3 Å². The first kappa shape index (κ1) is 15.7. The number of hydrogen-bond acceptors (Lipinski definition) is 4. The molecular formula is C17H21N2O4+. The third-order valence-electron chi connectivity index (χ3n) is 5.22. The molecule has 2 N–H and O–H groups in total. The number of methoxy groups -OCH3 is 1. The van der Waals surface area contributed by atoms with Crippen molar-refractivity contribution in [3.8, 4) is 0 Å². The number of hydrogen-bond donors (Lipinski definition) is 1. The van der Waals surface area contributed by atoms with Gasteiger partial charge in [-0.2, -0.15) is 0 Å². The molecule has 0 spiro atoms. The molecule has 0 saturated carbocycles. The molecule has 3 rings (SSSR count). The summed E-state index contributed by atoms with van der Waals surface area (Å²) in [6.07, 6.45) is 0. The molecule has 2 aliphatic heterocycles. The van der Waals surface area contributed by atoms with Gasteiger partial charge in [-0.25, -0.2) is 4.79 Å². The van der Waals surface area contributed by atoms with Crippen LogP contribution in [0.3, 0.4) is 0 Å². The van der Waals surface area contributed by atoms with Gasteiger partial charge in [-0.15, -0.1) is 0 Å². The van der Waals surface area contributed by atoms with Crippen LogP contribution in [-0.2, 0) is 19.1 Å². The summed E-state index contributed by atoms with van der Waals surface area (Å²) in [6, 6.07) is 7.57. The van der Waals surface area contributed by atoms with Crippen LogP contribution in [0.15, 0.2) is 24.3 Å². The Bertz CT molecular complexity index is 684. The minimum absolute atomic E-state index is 0.227. The molecule has 1 aromatic carbocycles. The van der Waals surface area contributed by atoms with Gasteiger partial charge >= 0.3 is 5.97 Å². The zero-order valence-electron chi connectivity index (χ0n) is 13.7. The van der Waals surface area contributed by atoms with Crippen molar-refractivity contribution in [1.29, 1.82) is 0 Å². The zero-order valence-corrected chi connectivity index (χ0v) is 13.7. The van der Waals surface area contributed by atoms with Gasteiger partial charge < -0.3 is 10.1 Å². The molecule has 2 fully saturated rings. The second-order valence-electron chi connectivity index (χ2n) is 6.62. The smallest absolute Gasteiger partial charge is 0.368 e. The van der Waals surface area contributed by atoms with Crippen LogP contribution in [0.25, 0.3) is 0 Å². The molecule has 0 aliphatic carbocycles. The molecule has 1 aromatic rings. The number of amides is 2. The van der Waals surface area contributed by atoms with Crippen molar-refractivity contribution in [1.82, 2.24) is 4.90 Å². The molecule has 6 nitrogen and oxygen atoms in total. The Balaban J connectivity index is 2.09. The second-order valence-corrected chi connectivity index (χ2v) is 6.62. The van der Waals surface area contributed by atoms with Gasteiger partial charge in [0.2, 0.25) is 17.4 Å². The Morgan fingerprint density at radius 2 is 1.83 bits per heavy atom. The maximum Gasteiger partial charge on any atom is 0.368 e. The van der Waals surface area contributed by atoms with Crippen LogP contribution in [0.5, 0.6) is 0 Å². The fourth-order valence-corrected chi connectivity index (χ4v) is 3.91. The van der Waals surface area contributed by atoms with Crippen molar-refractivity contribution < 1.29 is 24.4 Å². The number of carbonyl (C=O) groups is 3. The summed E-state index contributed by atoms with van der Waals surface area (Å²) in [4.78, 5) is 38.6. The highest BCUT2D eigenvalue weighted by Gasteiger charge is 2.70. The Hall–Kier alpha value is -2.21. The average molecular weight is 317 g/mol. The standard InChI is InChI=1S/C17H20N2O4/c1-9-5-7-10(8-6-9)13-11-12(15(21)19(3)14(11)20)17(2,18-13)16(22)23-4/h5-8,11-13,18H,1-4H3/p+1/t11-,12+,13-,17+/m1/s1. The summed E-state index contributed by atoms with van der Waals surface area (Å²) in [5.41, 5.74) is 0.964.